The molecule has 1 unspecified atom stereocenters. The van der Waals surface area contributed by atoms with Crippen molar-refractivity contribution in [1.82, 2.24) is 0 Å². The smallest absolute Gasteiger partial charge is 0.290 e. The number of hydrogen-bond acceptors (Lipinski definition) is 3. The van der Waals surface area contributed by atoms with E-state index >= 15 is 0 Å². The van der Waals surface area contributed by atoms with Gasteiger partial charge in [-0.05, 0) is 30.7 Å². The summed E-state index contributed by atoms with van der Waals surface area (Å²) in [5.74, 6) is 0.556. The Morgan fingerprint density at radius 3 is 2.57 bits per heavy atom. The molecule has 4 heteroatoms. The van der Waals surface area contributed by atoms with Crippen LogP contribution in [-0.4, -0.2) is 18.1 Å². The first-order valence-corrected chi connectivity index (χ1v) is 4.64. The molecule has 76 valence electrons. The Kier molecular flexibility index (Phi) is 4.43. The highest BCUT2D eigenvalue weighted by Crippen LogP contribution is 2.12. The third-order valence-electron chi connectivity index (χ3n) is 1.49. The van der Waals surface area contributed by atoms with Gasteiger partial charge in [-0.2, -0.15) is 0 Å². The topological polar surface area (TPSA) is 35.5 Å². The lowest BCUT2D eigenvalue weighted by Crippen LogP contribution is -2.26. The Bertz CT molecular complexity index is 287. The Morgan fingerprint density at radius 2 is 2.07 bits per heavy atom. The number of carbonyl (C=O) groups excluding carboxylic acids is 1. The van der Waals surface area contributed by atoms with E-state index in [-0.39, 0.29) is 0 Å². The molecule has 1 atom stereocenters. The predicted molar refractivity (Wildman–Crippen MR) is 53.3 cm³/mol. The number of carbonyl (C=O) groups is 1. The summed E-state index contributed by atoms with van der Waals surface area (Å²) >= 11 is 5.28. The first-order chi connectivity index (χ1) is 6.74. The molecule has 0 aliphatic heterocycles. The molecule has 0 saturated carbocycles. The van der Waals surface area contributed by atoms with E-state index < -0.39 is 11.5 Å². The van der Waals surface area contributed by atoms with E-state index in [1.165, 1.54) is 0 Å². The van der Waals surface area contributed by atoms with Crippen molar-refractivity contribution in [3.8, 4) is 5.75 Å². The van der Waals surface area contributed by atoms with Gasteiger partial charge in [0.25, 0.3) is 11.5 Å². The Hall–Kier alpha value is -1.06. The van der Waals surface area contributed by atoms with E-state index in [0.29, 0.717) is 12.4 Å². The van der Waals surface area contributed by atoms with Crippen LogP contribution in [0.1, 0.15) is 6.92 Å². The molecule has 1 rings (SSSR count). The lowest BCUT2D eigenvalue weighted by atomic mass is 10.3. The minimum atomic E-state index is -1.02. The first-order valence-electron chi connectivity index (χ1n) is 4.26. The molecule has 1 aromatic carbocycles. The van der Waals surface area contributed by atoms with Crippen LogP contribution in [0.4, 0.5) is 0 Å². The fraction of sp³-hybridized carbons (Fsp3) is 0.300. The van der Waals surface area contributed by atoms with Crippen LogP contribution in [0.5, 0.6) is 5.75 Å². The van der Waals surface area contributed by atoms with E-state index in [9.17, 15) is 4.79 Å². The standard InChI is InChI=1S/C10H11ClO3/c1-2-13-10(9(11)12)14-8-6-4-3-5-7-8/h3-7,10H,2H2,1H3. The zero-order valence-corrected chi connectivity index (χ0v) is 8.53. The Morgan fingerprint density at radius 1 is 1.43 bits per heavy atom. The number of hydrogen-bond donors (Lipinski definition) is 0. The van der Waals surface area contributed by atoms with Crippen molar-refractivity contribution in [2.45, 2.75) is 13.2 Å². The molecule has 0 heterocycles. The van der Waals surface area contributed by atoms with Crippen molar-refractivity contribution in [3.63, 3.8) is 0 Å². The highest BCUT2D eigenvalue weighted by molar-refractivity contribution is 6.64. The maximum Gasteiger partial charge on any atom is 0.290 e. The summed E-state index contributed by atoms with van der Waals surface area (Å²) in [7, 11) is 0. The van der Waals surface area contributed by atoms with Gasteiger partial charge in [0.15, 0.2) is 0 Å². The summed E-state index contributed by atoms with van der Waals surface area (Å²) in [4.78, 5) is 10.9. The fourth-order valence-corrected chi connectivity index (χ4v) is 1.03. The molecular formula is C10H11ClO3. The van der Waals surface area contributed by atoms with Crippen molar-refractivity contribution >= 4 is 16.8 Å². The molecule has 0 aliphatic carbocycles. The quantitative estimate of drug-likeness (QED) is 0.557. The monoisotopic (exact) mass is 214 g/mol. The minimum absolute atomic E-state index is 0.371. The van der Waals surface area contributed by atoms with Gasteiger partial charge >= 0.3 is 0 Å². The molecule has 0 aliphatic rings. The second kappa shape index (κ2) is 5.62. The summed E-state index contributed by atoms with van der Waals surface area (Å²) in [6.07, 6.45) is -1.02. The first kappa shape index (κ1) is 11.0. The van der Waals surface area contributed by atoms with Crippen molar-refractivity contribution < 1.29 is 14.3 Å². The van der Waals surface area contributed by atoms with Gasteiger partial charge in [0.05, 0.1) is 0 Å². The Labute approximate surface area is 87.6 Å². The van der Waals surface area contributed by atoms with Crippen molar-refractivity contribution in [2.24, 2.45) is 0 Å². The van der Waals surface area contributed by atoms with Gasteiger partial charge in [0.1, 0.15) is 5.75 Å². The average molecular weight is 215 g/mol. The van der Waals surface area contributed by atoms with Gasteiger partial charge in [0.2, 0.25) is 0 Å². The van der Waals surface area contributed by atoms with E-state index in [1.807, 2.05) is 6.07 Å². The largest absolute Gasteiger partial charge is 0.456 e. The van der Waals surface area contributed by atoms with Crippen LogP contribution in [0.25, 0.3) is 0 Å². The van der Waals surface area contributed by atoms with Gasteiger partial charge in [-0.15, -0.1) is 0 Å². The normalized spacial score (nSPS) is 12.1. The van der Waals surface area contributed by atoms with Crippen LogP contribution < -0.4 is 4.74 Å². The van der Waals surface area contributed by atoms with Crippen LogP contribution in [0.15, 0.2) is 30.3 Å². The molecule has 0 N–H and O–H groups in total. The van der Waals surface area contributed by atoms with Crippen LogP contribution in [-0.2, 0) is 9.53 Å². The summed E-state index contributed by atoms with van der Waals surface area (Å²) in [5.41, 5.74) is 0. The van der Waals surface area contributed by atoms with Crippen LogP contribution in [0.2, 0.25) is 0 Å². The van der Waals surface area contributed by atoms with E-state index in [1.54, 1.807) is 31.2 Å². The lowest BCUT2D eigenvalue weighted by molar-refractivity contribution is -0.140. The van der Waals surface area contributed by atoms with Gasteiger partial charge < -0.3 is 9.47 Å². The highest BCUT2D eigenvalue weighted by Gasteiger charge is 2.17. The molecule has 0 fully saturated rings. The van der Waals surface area contributed by atoms with E-state index in [0.717, 1.165) is 0 Å². The summed E-state index contributed by atoms with van der Waals surface area (Å²) < 4.78 is 10.2. The lowest BCUT2D eigenvalue weighted by Gasteiger charge is -2.14. The number of rotatable bonds is 5. The number of para-hydroxylation sites is 1. The predicted octanol–water partition coefficient (Wildman–Crippen LogP) is 2.19. The molecule has 0 saturated heterocycles. The average Bonchev–Trinajstić information content (AvgIpc) is 2.18. The molecule has 1 aromatic rings. The van der Waals surface area contributed by atoms with Gasteiger partial charge in [-0.25, -0.2) is 0 Å². The third kappa shape index (κ3) is 3.36. The minimum Gasteiger partial charge on any atom is -0.456 e. The van der Waals surface area contributed by atoms with Gasteiger partial charge in [0, 0.05) is 6.61 Å². The zero-order chi connectivity index (χ0) is 10.4. The number of benzene rings is 1. The fourth-order valence-electron chi connectivity index (χ4n) is 0.920. The molecule has 0 aromatic heterocycles. The molecule has 0 spiro atoms. The Balaban J connectivity index is 2.60. The van der Waals surface area contributed by atoms with Crippen LogP contribution in [0.3, 0.4) is 0 Å². The molecule has 0 bridgehead atoms. The summed E-state index contributed by atoms with van der Waals surface area (Å²) in [5, 5.41) is -0.657. The van der Waals surface area contributed by atoms with Crippen LogP contribution in [0, 0.1) is 0 Å². The highest BCUT2D eigenvalue weighted by atomic mass is 35.5. The maximum atomic E-state index is 10.9. The molecule has 0 amide bonds. The molecule has 3 nitrogen and oxygen atoms in total. The number of halogens is 1. The van der Waals surface area contributed by atoms with E-state index in [4.69, 9.17) is 21.1 Å². The van der Waals surface area contributed by atoms with E-state index in [2.05, 4.69) is 0 Å². The zero-order valence-electron chi connectivity index (χ0n) is 7.77. The molecule has 0 radical (unpaired) electrons. The number of ether oxygens (including phenoxy) is 2. The maximum absolute atomic E-state index is 10.9. The SMILES string of the molecule is CCOC(Oc1ccccc1)C(=O)Cl. The van der Waals surface area contributed by atoms with Gasteiger partial charge in [-0.1, -0.05) is 18.2 Å². The molecule has 14 heavy (non-hydrogen) atoms. The second-order valence-corrected chi connectivity index (χ2v) is 2.89. The summed E-state index contributed by atoms with van der Waals surface area (Å²) in [6.45, 7) is 2.14. The van der Waals surface area contributed by atoms with Crippen molar-refractivity contribution in [3.05, 3.63) is 30.3 Å². The second-order valence-electron chi connectivity index (χ2n) is 2.52. The van der Waals surface area contributed by atoms with Crippen molar-refractivity contribution in [1.29, 1.82) is 0 Å². The van der Waals surface area contributed by atoms with Crippen LogP contribution >= 0.6 is 11.6 Å². The summed E-state index contributed by atoms with van der Waals surface area (Å²) in [6, 6.07) is 8.91. The van der Waals surface area contributed by atoms with Gasteiger partial charge in [-0.3, -0.25) is 4.79 Å². The third-order valence-corrected chi connectivity index (χ3v) is 1.67. The van der Waals surface area contributed by atoms with Crippen molar-refractivity contribution in [2.75, 3.05) is 6.61 Å². The molecular weight excluding hydrogens is 204 g/mol.